The Balaban J connectivity index is 1.68. The Morgan fingerprint density at radius 1 is 1.21 bits per heavy atom. The van der Waals surface area contributed by atoms with E-state index < -0.39 is 0 Å². The Labute approximate surface area is 114 Å². The van der Waals surface area contributed by atoms with Gasteiger partial charge in [0.15, 0.2) is 0 Å². The molecule has 0 bridgehead atoms. The Morgan fingerprint density at radius 2 is 2.05 bits per heavy atom. The van der Waals surface area contributed by atoms with Gasteiger partial charge in [0, 0.05) is 36.6 Å². The second-order valence-corrected chi connectivity index (χ2v) is 5.18. The van der Waals surface area contributed by atoms with Gasteiger partial charge in [0.05, 0.1) is 12.5 Å². The molecule has 3 nitrogen and oxygen atoms in total. The molecule has 3 rings (SSSR count). The first-order valence-electron chi connectivity index (χ1n) is 6.93. The van der Waals surface area contributed by atoms with E-state index in [9.17, 15) is 0 Å². The molecule has 1 fully saturated rings. The van der Waals surface area contributed by atoms with Crippen molar-refractivity contribution in [2.45, 2.75) is 26.3 Å². The van der Waals surface area contributed by atoms with Crippen LogP contribution in [-0.2, 0) is 6.54 Å². The molecule has 1 aliphatic heterocycles. The average Bonchev–Trinajstić information content (AvgIpc) is 3.10. The van der Waals surface area contributed by atoms with Gasteiger partial charge in [-0.1, -0.05) is 0 Å². The lowest BCUT2D eigenvalue weighted by molar-refractivity contribution is 0.564. The summed E-state index contributed by atoms with van der Waals surface area (Å²) >= 11 is 0. The summed E-state index contributed by atoms with van der Waals surface area (Å²) in [5, 5.41) is 3.45. The number of rotatable bonds is 4. The molecule has 1 N–H and O–H groups in total. The number of aryl methyl sites for hydroxylation is 1. The molecule has 2 aromatic rings. The SMILES string of the molecule is Cc1cc(N2CCCC2)ccc1NCc1ccoc1. The van der Waals surface area contributed by atoms with Gasteiger partial charge in [-0.2, -0.15) is 0 Å². The second kappa shape index (κ2) is 5.39. The van der Waals surface area contributed by atoms with Crippen LogP contribution in [0.4, 0.5) is 11.4 Å². The van der Waals surface area contributed by atoms with Crippen LogP contribution >= 0.6 is 0 Å². The summed E-state index contributed by atoms with van der Waals surface area (Å²) in [6, 6.07) is 8.67. The summed E-state index contributed by atoms with van der Waals surface area (Å²) in [4.78, 5) is 2.47. The smallest absolute Gasteiger partial charge is 0.0952 e. The number of anilines is 2. The van der Waals surface area contributed by atoms with Crippen LogP contribution in [-0.4, -0.2) is 13.1 Å². The fourth-order valence-corrected chi connectivity index (χ4v) is 2.61. The van der Waals surface area contributed by atoms with E-state index in [0.29, 0.717) is 0 Å². The van der Waals surface area contributed by atoms with Crippen molar-refractivity contribution < 1.29 is 4.42 Å². The molecule has 2 heterocycles. The van der Waals surface area contributed by atoms with Gasteiger partial charge in [0.2, 0.25) is 0 Å². The van der Waals surface area contributed by atoms with Gasteiger partial charge in [-0.05, 0) is 49.6 Å². The largest absolute Gasteiger partial charge is 0.472 e. The highest BCUT2D eigenvalue weighted by Crippen LogP contribution is 2.25. The number of hydrogen-bond donors (Lipinski definition) is 1. The molecule has 0 saturated carbocycles. The van der Waals surface area contributed by atoms with Crippen molar-refractivity contribution in [2.24, 2.45) is 0 Å². The molecule has 0 radical (unpaired) electrons. The molecule has 1 aliphatic rings. The van der Waals surface area contributed by atoms with Crippen LogP contribution in [0.3, 0.4) is 0 Å². The van der Waals surface area contributed by atoms with Gasteiger partial charge in [0.25, 0.3) is 0 Å². The molecule has 0 atom stereocenters. The third kappa shape index (κ3) is 2.75. The molecule has 0 unspecified atom stereocenters. The quantitative estimate of drug-likeness (QED) is 0.902. The highest BCUT2D eigenvalue weighted by Gasteiger charge is 2.12. The zero-order valence-electron chi connectivity index (χ0n) is 11.4. The van der Waals surface area contributed by atoms with E-state index in [1.165, 1.54) is 48.4 Å². The normalized spacial score (nSPS) is 14.9. The van der Waals surface area contributed by atoms with Gasteiger partial charge in [0.1, 0.15) is 0 Å². The molecule has 0 amide bonds. The minimum absolute atomic E-state index is 0.806. The van der Waals surface area contributed by atoms with Crippen molar-refractivity contribution >= 4 is 11.4 Å². The number of nitrogens with one attached hydrogen (secondary N) is 1. The van der Waals surface area contributed by atoms with Gasteiger partial charge in [-0.15, -0.1) is 0 Å². The molecule has 100 valence electrons. The Hall–Kier alpha value is -1.90. The minimum atomic E-state index is 0.806. The molecular weight excluding hydrogens is 236 g/mol. The maximum absolute atomic E-state index is 5.07. The second-order valence-electron chi connectivity index (χ2n) is 5.18. The van der Waals surface area contributed by atoms with Crippen molar-refractivity contribution in [1.82, 2.24) is 0 Å². The first kappa shape index (κ1) is 12.2. The van der Waals surface area contributed by atoms with Gasteiger partial charge in [-0.25, -0.2) is 0 Å². The predicted octanol–water partition coefficient (Wildman–Crippen LogP) is 3.80. The molecular formula is C16H20N2O. The van der Waals surface area contributed by atoms with Crippen LogP contribution in [0.1, 0.15) is 24.0 Å². The number of nitrogens with zero attached hydrogens (tertiary/aromatic N) is 1. The molecule has 1 saturated heterocycles. The third-order valence-electron chi connectivity index (χ3n) is 3.74. The number of benzene rings is 1. The Morgan fingerprint density at radius 3 is 2.74 bits per heavy atom. The van der Waals surface area contributed by atoms with Gasteiger partial charge >= 0.3 is 0 Å². The van der Waals surface area contributed by atoms with E-state index in [1.807, 2.05) is 6.07 Å². The maximum atomic E-state index is 5.07. The first-order valence-corrected chi connectivity index (χ1v) is 6.93. The van der Waals surface area contributed by atoms with E-state index in [4.69, 9.17) is 4.42 Å². The van der Waals surface area contributed by atoms with Gasteiger partial charge in [-0.3, -0.25) is 0 Å². The molecule has 0 aliphatic carbocycles. The van der Waals surface area contributed by atoms with Crippen LogP contribution < -0.4 is 10.2 Å². The number of furan rings is 1. The zero-order chi connectivity index (χ0) is 13.1. The average molecular weight is 256 g/mol. The van der Waals surface area contributed by atoms with Crippen molar-refractivity contribution in [3.05, 3.63) is 47.9 Å². The van der Waals surface area contributed by atoms with Gasteiger partial charge < -0.3 is 14.6 Å². The van der Waals surface area contributed by atoms with Crippen LogP contribution in [0.5, 0.6) is 0 Å². The van der Waals surface area contributed by atoms with Crippen LogP contribution in [0, 0.1) is 6.92 Å². The summed E-state index contributed by atoms with van der Waals surface area (Å²) in [6.07, 6.45) is 6.13. The van der Waals surface area contributed by atoms with E-state index in [2.05, 4.69) is 35.3 Å². The summed E-state index contributed by atoms with van der Waals surface area (Å²) in [6.45, 7) is 5.36. The Kier molecular flexibility index (Phi) is 3.45. The van der Waals surface area contributed by atoms with Crippen molar-refractivity contribution in [3.8, 4) is 0 Å². The standard InChI is InChI=1S/C16H20N2O/c1-13-10-15(18-7-2-3-8-18)4-5-16(13)17-11-14-6-9-19-12-14/h4-6,9-10,12,17H,2-3,7-8,11H2,1H3. The highest BCUT2D eigenvalue weighted by atomic mass is 16.3. The lowest BCUT2D eigenvalue weighted by Gasteiger charge is -2.19. The summed E-state index contributed by atoms with van der Waals surface area (Å²) in [5.74, 6) is 0. The van der Waals surface area contributed by atoms with E-state index in [1.54, 1.807) is 12.5 Å². The fraction of sp³-hybridized carbons (Fsp3) is 0.375. The summed E-state index contributed by atoms with van der Waals surface area (Å²) < 4.78 is 5.07. The third-order valence-corrected chi connectivity index (χ3v) is 3.74. The predicted molar refractivity (Wildman–Crippen MR) is 78.7 cm³/mol. The van der Waals surface area contributed by atoms with Crippen LogP contribution in [0.2, 0.25) is 0 Å². The summed E-state index contributed by atoms with van der Waals surface area (Å²) in [5.41, 5.74) is 5.02. The monoisotopic (exact) mass is 256 g/mol. The lowest BCUT2D eigenvalue weighted by atomic mass is 10.1. The van der Waals surface area contributed by atoms with Crippen molar-refractivity contribution in [2.75, 3.05) is 23.3 Å². The molecule has 1 aromatic heterocycles. The van der Waals surface area contributed by atoms with E-state index >= 15 is 0 Å². The summed E-state index contributed by atoms with van der Waals surface area (Å²) in [7, 11) is 0. The zero-order valence-corrected chi connectivity index (χ0v) is 11.4. The van der Waals surface area contributed by atoms with Crippen molar-refractivity contribution in [1.29, 1.82) is 0 Å². The van der Waals surface area contributed by atoms with Crippen LogP contribution in [0.25, 0.3) is 0 Å². The minimum Gasteiger partial charge on any atom is -0.472 e. The van der Waals surface area contributed by atoms with Crippen LogP contribution in [0.15, 0.2) is 41.2 Å². The van der Waals surface area contributed by atoms with Crippen molar-refractivity contribution in [3.63, 3.8) is 0 Å². The molecule has 0 spiro atoms. The first-order chi connectivity index (χ1) is 9.33. The highest BCUT2D eigenvalue weighted by molar-refractivity contribution is 5.60. The molecule has 19 heavy (non-hydrogen) atoms. The number of hydrogen-bond acceptors (Lipinski definition) is 3. The lowest BCUT2D eigenvalue weighted by Crippen LogP contribution is -2.17. The molecule has 3 heteroatoms. The molecule has 1 aromatic carbocycles. The topological polar surface area (TPSA) is 28.4 Å². The Bertz CT molecular complexity index is 528. The fourth-order valence-electron chi connectivity index (χ4n) is 2.61. The van der Waals surface area contributed by atoms with E-state index in [-0.39, 0.29) is 0 Å². The maximum Gasteiger partial charge on any atom is 0.0952 e. The van der Waals surface area contributed by atoms with E-state index in [0.717, 1.165) is 6.54 Å².